The first kappa shape index (κ1) is 15.3. The Labute approximate surface area is 134 Å². The summed E-state index contributed by atoms with van der Waals surface area (Å²) in [6.45, 7) is 6.79. The van der Waals surface area contributed by atoms with Crippen molar-refractivity contribution in [3.05, 3.63) is 52.4 Å². The third-order valence-corrected chi connectivity index (χ3v) is 3.62. The lowest BCUT2D eigenvalue weighted by atomic mass is 10.1. The Morgan fingerprint density at radius 3 is 2.65 bits per heavy atom. The zero-order valence-electron chi connectivity index (χ0n) is 13.6. The molecular weight excluding hydrogens is 290 g/mol. The van der Waals surface area contributed by atoms with Crippen LogP contribution in [0.4, 0.5) is 5.95 Å². The number of aromatic nitrogens is 4. The highest BCUT2D eigenvalue weighted by Gasteiger charge is 2.19. The highest BCUT2D eigenvalue weighted by molar-refractivity contribution is 5.74. The van der Waals surface area contributed by atoms with Gasteiger partial charge in [0.15, 0.2) is 5.65 Å². The van der Waals surface area contributed by atoms with Crippen LogP contribution in [-0.2, 0) is 12.0 Å². The summed E-state index contributed by atoms with van der Waals surface area (Å²) < 4.78 is 1.78. The molecule has 3 rings (SSSR count). The summed E-state index contributed by atoms with van der Waals surface area (Å²) in [6, 6.07) is 10.2. The maximum atomic E-state index is 12.2. The van der Waals surface area contributed by atoms with Gasteiger partial charge in [0.2, 0.25) is 5.95 Å². The van der Waals surface area contributed by atoms with E-state index in [1.54, 1.807) is 10.9 Å². The third kappa shape index (κ3) is 3.26. The molecule has 0 unspecified atom stereocenters. The Morgan fingerprint density at radius 2 is 1.96 bits per heavy atom. The lowest BCUT2D eigenvalue weighted by Crippen LogP contribution is -2.24. The number of rotatable bonds is 4. The summed E-state index contributed by atoms with van der Waals surface area (Å²) in [6.07, 6.45) is 2.43. The first-order valence-electron chi connectivity index (χ1n) is 7.71. The molecule has 6 nitrogen and oxygen atoms in total. The fourth-order valence-electron chi connectivity index (χ4n) is 2.46. The number of nitrogens with zero attached hydrogens (tertiary/aromatic N) is 3. The molecule has 0 spiro atoms. The maximum Gasteiger partial charge on any atom is 0.263 e. The zero-order chi connectivity index (χ0) is 16.4. The Bertz CT molecular complexity index is 858. The molecule has 3 aromatic rings. The summed E-state index contributed by atoms with van der Waals surface area (Å²) in [7, 11) is 0. The Hall–Kier alpha value is -2.63. The molecule has 2 aromatic heterocycles. The molecule has 0 amide bonds. The van der Waals surface area contributed by atoms with Gasteiger partial charge in [-0.25, -0.2) is 4.68 Å². The van der Waals surface area contributed by atoms with E-state index in [-0.39, 0.29) is 11.1 Å². The van der Waals surface area contributed by atoms with Gasteiger partial charge in [0.25, 0.3) is 5.56 Å². The van der Waals surface area contributed by atoms with Crippen LogP contribution in [0.2, 0.25) is 0 Å². The van der Waals surface area contributed by atoms with Gasteiger partial charge in [-0.2, -0.15) is 10.1 Å². The van der Waals surface area contributed by atoms with Crippen LogP contribution in [-0.4, -0.2) is 26.3 Å². The van der Waals surface area contributed by atoms with Crippen molar-refractivity contribution in [3.63, 3.8) is 0 Å². The molecule has 23 heavy (non-hydrogen) atoms. The topological polar surface area (TPSA) is 75.6 Å². The third-order valence-electron chi connectivity index (χ3n) is 3.62. The number of anilines is 1. The molecule has 120 valence electrons. The Balaban J connectivity index is 1.83. The van der Waals surface area contributed by atoms with Gasteiger partial charge in [0, 0.05) is 6.54 Å². The number of hydrogen-bond acceptors (Lipinski definition) is 4. The molecule has 0 bridgehead atoms. The summed E-state index contributed by atoms with van der Waals surface area (Å²) in [5.41, 5.74) is 1.43. The van der Waals surface area contributed by atoms with E-state index in [1.807, 2.05) is 39.0 Å². The number of aromatic amines is 1. The fraction of sp³-hybridized carbons (Fsp3) is 0.353. The van der Waals surface area contributed by atoms with Gasteiger partial charge >= 0.3 is 0 Å². The van der Waals surface area contributed by atoms with Crippen LogP contribution in [0.25, 0.3) is 11.0 Å². The van der Waals surface area contributed by atoms with Crippen LogP contribution in [0.1, 0.15) is 26.3 Å². The highest BCUT2D eigenvalue weighted by Crippen LogP contribution is 2.18. The number of benzene rings is 1. The number of hydrogen-bond donors (Lipinski definition) is 2. The summed E-state index contributed by atoms with van der Waals surface area (Å²) in [4.78, 5) is 19.5. The van der Waals surface area contributed by atoms with Crippen LogP contribution in [0.3, 0.4) is 0 Å². The van der Waals surface area contributed by atoms with Crippen molar-refractivity contribution in [2.24, 2.45) is 0 Å². The summed E-state index contributed by atoms with van der Waals surface area (Å²) in [5, 5.41) is 8.00. The first-order chi connectivity index (χ1) is 10.9. The van der Waals surface area contributed by atoms with E-state index >= 15 is 0 Å². The molecule has 1 aromatic carbocycles. The van der Waals surface area contributed by atoms with E-state index < -0.39 is 0 Å². The van der Waals surface area contributed by atoms with E-state index in [4.69, 9.17) is 0 Å². The van der Waals surface area contributed by atoms with Gasteiger partial charge in [-0.1, -0.05) is 30.3 Å². The van der Waals surface area contributed by atoms with Crippen LogP contribution in [0, 0.1) is 0 Å². The second kappa shape index (κ2) is 5.87. The van der Waals surface area contributed by atoms with Gasteiger partial charge in [-0.05, 0) is 32.8 Å². The van der Waals surface area contributed by atoms with Crippen molar-refractivity contribution >= 4 is 17.0 Å². The van der Waals surface area contributed by atoms with E-state index in [0.717, 1.165) is 6.42 Å². The number of H-pyrrole nitrogens is 1. The van der Waals surface area contributed by atoms with Crippen molar-refractivity contribution in [2.75, 3.05) is 11.9 Å². The fourth-order valence-corrected chi connectivity index (χ4v) is 2.46. The molecule has 2 N–H and O–H groups in total. The Kier molecular flexibility index (Phi) is 3.90. The predicted octanol–water partition coefficient (Wildman–Crippen LogP) is 2.53. The molecule has 6 heteroatoms. The largest absolute Gasteiger partial charge is 0.355 e. The normalized spacial score (nSPS) is 11.8. The molecule has 0 saturated carbocycles. The molecule has 0 atom stereocenters. The van der Waals surface area contributed by atoms with Crippen molar-refractivity contribution < 1.29 is 0 Å². The first-order valence-corrected chi connectivity index (χ1v) is 7.71. The molecule has 0 aliphatic rings. The monoisotopic (exact) mass is 311 g/mol. The average Bonchev–Trinajstić information content (AvgIpc) is 2.93. The Morgan fingerprint density at radius 1 is 1.22 bits per heavy atom. The van der Waals surface area contributed by atoms with Crippen molar-refractivity contribution in [2.45, 2.75) is 32.7 Å². The van der Waals surface area contributed by atoms with Gasteiger partial charge in [-0.3, -0.25) is 9.78 Å². The minimum atomic E-state index is -0.232. The van der Waals surface area contributed by atoms with E-state index in [1.165, 1.54) is 5.56 Å². The minimum absolute atomic E-state index is 0.173. The second-order valence-corrected chi connectivity index (χ2v) is 6.54. The number of nitrogens with one attached hydrogen (secondary N) is 2. The van der Waals surface area contributed by atoms with Crippen LogP contribution >= 0.6 is 0 Å². The van der Waals surface area contributed by atoms with Gasteiger partial charge in [-0.15, -0.1) is 0 Å². The lowest BCUT2D eigenvalue weighted by Gasteiger charge is -2.19. The molecule has 0 aliphatic carbocycles. The van der Waals surface area contributed by atoms with Crippen molar-refractivity contribution in [1.29, 1.82) is 0 Å². The van der Waals surface area contributed by atoms with Gasteiger partial charge < -0.3 is 5.32 Å². The minimum Gasteiger partial charge on any atom is -0.355 e. The van der Waals surface area contributed by atoms with E-state index in [0.29, 0.717) is 23.5 Å². The van der Waals surface area contributed by atoms with Gasteiger partial charge in [0.1, 0.15) is 5.39 Å². The van der Waals surface area contributed by atoms with Crippen LogP contribution in [0.5, 0.6) is 0 Å². The maximum absolute atomic E-state index is 12.2. The molecule has 2 heterocycles. The van der Waals surface area contributed by atoms with Crippen LogP contribution in [0.15, 0.2) is 41.3 Å². The molecule has 0 aliphatic heterocycles. The summed E-state index contributed by atoms with van der Waals surface area (Å²) >= 11 is 0. The van der Waals surface area contributed by atoms with E-state index in [9.17, 15) is 4.79 Å². The van der Waals surface area contributed by atoms with Crippen molar-refractivity contribution in [1.82, 2.24) is 19.7 Å². The number of fused-ring (bicyclic) bond motifs is 1. The average molecular weight is 311 g/mol. The van der Waals surface area contributed by atoms with E-state index in [2.05, 4.69) is 32.5 Å². The van der Waals surface area contributed by atoms with Crippen LogP contribution < -0.4 is 10.9 Å². The summed E-state index contributed by atoms with van der Waals surface area (Å²) in [5.74, 6) is 0.476. The quantitative estimate of drug-likeness (QED) is 0.776. The smallest absolute Gasteiger partial charge is 0.263 e. The molecular formula is C17H21N5O. The highest BCUT2D eigenvalue weighted by atomic mass is 16.1. The van der Waals surface area contributed by atoms with Gasteiger partial charge in [0.05, 0.1) is 11.7 Å². The molecule has 0 fully saturated rings. The SMILES string of the molecule is CC(C)(C)n1ncc2c(=O)[nH]c(NCCc3ccccc3)nc21. The second-order valence-electron chi connectivity index (χ2n) is 6.54. The molecule has 0 radical (unpaired) electrons. The zero-order valence-corrected chi connectivity index (χ0v) is 13.6. The predicted molar refractivity (Wildman–Crippen MR) is 91.8 cm³/mol. The lowest BCUT2D eigenvalue weighted by molar-refractivity contribution is 0.366. The van der Waals surface area contributed by atoms with Crippen molar-refractivity contribution in [3.8, 4) is 0 Å². The molecule has 0 saturated heterocycles. The standard InChI is InChI=1S/C17H21N5O/c1-17(2,3)22-14-13(11-19-22)15(23)21-16(20-14)18-10-9-12-7-5-4-6-8-12/h4-8,11H,9-10H2,1-3H3,(H2,18,20,21,23).